The van der Waals surface area contributed by atoms with Crippen LogP contribution in [0.15, 0.2) is 0 Å². The van der Waals surface area contributed by atoms with Crippen molar-refractivity contribution in [2.75, 3.05) is 13.1 Å². The van der Waals surface area contributed by atoms with Crippen LogP contribution < -0.4 is 44.6 Å². The lowest BCUT2D eigenvalue weighted by atomic mass is 10.0. The Morgan fingerprint density at radius 1 is 0.629 bits per heavy atom. The van der Waals surface area contributed by atoms with Gasteiger partial charge in [-0.05, 0) is 51.6 Å². The van der Waals surface area contributed by atoms with Gasteiger partial charge in [-0.3, -0.25) is 24.0 Å². The molecule has 0 radical (unpaired) electrons. The van der Waals surface area contributed by atoms with Gasteiger partial charge in [0, 0.05) is 0 Å². The standard InChI is InChI=1S/C20H38N8O7/c21-7-3-1-5-12(18(32)27-13(20(34)35)6-2-4-8-22)26-19(33)14(10-16(25)30)28-17(31)11(23)9-15(24)29/h11-14H,1-10,21-23H2,(H2,24,29)(H2,25,30)(H,26,33)(H,27,32)(H,28,31)(H,34,35). The van der Waals surface area contributed by atoms with E-state index < -0.39 is 72.5 Å². The molecule has 15 nitrogen and oxygen atoms in total. The average Bonchev–Trinajstić information content (AvgIpc) is 2.76. The van der Waals surface area contributed by atoms with E-state index in [-0.39, 0.29) is 12.8 Å². The van der Waals surface area contributed by atoms with Gasteiger partial charge in [-0.1, -0.05) is 0 Å². The molecule has 4 atom stereocenters. The fourth-order valence-electron chi connectivity index (χ4n) is 3.06. The summed E-state index contributed by atoms with van der Waals surface area (Å²) in [7, 11) is 0. The molecule has 0 heterocycles. The van der Waals surface area contributed by atoms with E-state index in [1.165, 1.54) is 0 Å². The van der Waals surface area contributed by atoms with Gasteiger partial charge in [0.15, 0.2) is 0 Å². The van der Waals surface area contributed by atoms with Gasteiger partial charge in [0.25, 0.3) is 0 Å². The van der Waals surface area contributed by atoms with Gasteiger partial charge >= 0.3 is 5.97 Å². The number of carboxylic acid groups (broad SMARTS) is 1. The number of hydrogen-bond donors (Lipinski definition) is 9. The van der Waals surface area contributed by atoms with E-state index in [1.54, 1.807) is 0 Å². The number of nitrogens with one attached hydrogen (secondary N) is 3. The second-order valence-electron chi connectivity index (χ2n) is 8.04. The lowest BCUT2D eigenvalue weighted by Crippen LogP contribution is -2.58. The summed E-state index contributed by atoms with van der Waals surface area (Å²) in [6.07, 6.45) is 1.13. The molecule has 14 N–H and O–H groups in total. The quantitative estimate of drug-likeness (QED) is 0.0768. The molecule has 0 saturated carbocycles. The molecular weight excluding hydrogens is 464 g/mol. The highest BCUT2D eigenvalue weighted by Crippen LogP contribution is 2.06. The number of amides is 5. The fraction of sp³-hybridized carbons (Fsp3) is 0.700. The van der Waals surface area contributed by atoms with Gasteiger partial charge in [-0.2, -0.15) is 0 Å². The Hall–Kier alpha value is -3.30. The minimum Gasteiger partial charge on any atom is -0.480 e. The lowest BCUT2D eigenvalue weighted by molar-refractivity contribution is -0.142. The molecule has 0 saturated heterocycles. The number of primary amides is 2. The maximum atomic E-state index is 12.8. The largest absolute Gasteiger partial charge is 0.480 e. The van der Waals surface area contributed by atoms with Crippen LogP contribution in [-0.4, -0.2) is 77.9 Å². The minimum atomic E-state index is -1.50. The highest BCUT2D eigenvalue weighted by molar-refractivity contribution is 5.96. The van der Waals surface area contributed by atoms with Crippen LogP contribution in [0.4, 0.5) is 0 Å². The number of aliphatic carboxylic acids is 1. The molecule has 0 bridgehead atoms. The van der Waals surface area contributed by atoms with E-state index in [4.69, 9.17) is 28.7 Å². The summed E-state index contributed by atoms with van der Waals surface area (Å²) in [6.45, 7) is 0.700. The highest BCUT2D eigenvalue weighted by atomic mass is 16.4. The molecule has 0 spiro atoms. The number of rotatable bonds is 19. The molecule has 0 aromatic carbocycles. The summed E-state index contributed by atoms with van der Waals surface area (Å²) in [5, 5.41) is 16.4. The highest BCUT2D eigenvalue weighted by Gasteiger charge is 2.31. The second kappa shape index (κ2) is 17.2. The fourth-order valence-corrected chi connectivity index (χ4v) is 3.06. The molecule has 0 aliphatic carbocycles. The van der Waals surface area contributed by atoms with Crippen LogP contribution in [-0.2, 0) is 28.8 Å². The molecule has 35 heavy (non-hydrogen) atoms. The molecule has 5 amide bonds. The van der Waals surface area contributed by atoms with Gasteiger partial charge in [0.1, 0.15) is 18.1 Å². The molecule has 0 fully saturated rings. The molecule has 0 aromatic heterocycles. The molecule has 0 rings (SSSR count). The predicted octanol–water partition coefficient (Wildman–Crippen LogP) is -4.14. The van der Waals surface area contributed by atoms with Crippen LogP contribution in [0.3, 0.4) is 0 Å². The lowest BCUT2D eigenvalue weighted by Gasteiger charge is -2.25. The number of unbranched alkanes of at least 4 members (excludes halogenated alkanes) is 2. The Kier molecular flexibility index (Phi) is 15.6. The molecule has 0 aromatic rings. The molecule has 200 valence electrons. The Morgan fingerprint density at radius 2 is 1.06 bits per heavy atom. The first-order valence-corrected chi connectivity index (χ1v) is 11.3. The van der Waals surface area contributed by atoms with Crippen LogP contribution in [0.2, 0.25) is 0 Å². The number of carbonyl (C=O) groups is 6. The topological polar surface area (TPSA) is 289 Å². The zero-order chi connectivity index (χ0) is 27.0. The average molecular weight is 503 g/mol. The van der Waals surface area contributed by atoms with Crippen molar-refractivity contribution in [2.24, 2.45) is 28.7 Å². The molecular formula is C20H38N8O7. The van der Waals surface area contributed by atoms with E-state index in [2.05, 4.69) is 16.0 Å². The summed E-state index contributed by atoms with van der Waals surface area (Å²) in [4.78, 5) is 71.8. The molecule has 15 heteroatoms. The van der Waals surface area contributed by atoms with Crippen molar-refractivity contribution in [1.82, 2.24) is 16.0 Å². The van der Waals surface area contributed by atoms with E-state index in [9.17, 15) is 33.9 Å². The van der Waals surface area contributed by atoms with E-state index in [0.717, 1.165) is 0 Å². The third kappa shape index (κ3) is 13.9. The summed E-state index contributed by atoms with van der Waals surface area (Å²) >= 11 is 0. The Morgan fingerprint density at radius 3 is 1.51 bits per heavy atom. The van der Waals surface area contributed by atoms with Crippen LogP contribution in [0.25, 0.3) is 0 Å². The summed E-state index contributed by atoms with van der Waals surface area (Å²) in [5.74, 6) is -5.63. The van der Waals surface area contributed by atoms with Crippen LogP contribution in [0, 0.1) is 0 Å². The minimum absolute atomic E-state index is 0.113. The monoisotopic (exact) mass is 502 g/mol. The molecule has 0 aliphatic heterocycles. The summed E-state index contributed by atoms with van der Waals surface area (Å²) in [6, 6.07) is -5.25. The van der Waals surface area contributed by atoms with Gasteiger partial charge in [0.05, 0.1) is 18.9 Å². The third-order valence-electron chi connectivity index (χ3n) is 4.94. The second-order valence-corrected chi connectivity index (χ2v) is 8.04. The van der Waals surface area contributed by atoms with Gasteiger partial charge < -0.3 is 49.7 Å². The van der Waals surface area contributed by atoms with Gasteiger partial charge in [-0.25, -0.2) is 4.79 Å². The maximum absolute atomic E-state index is 12.8. The van der Waals surface area contributed by atoms with Gasteiger partial charge in [-0.15, -0.1) is 0 Å². The van der Waals surface area contributed by atoms with Crippen molar-refractivity contribution in [3.63, 3.8) is 0 Å². The Balaban J connectivity index is 5.50. The molecule has 0 aliphatic rings. The first kappa shape index (κ1) is 31.7. The molecule has 4 unspecified atom stereocenters. The third-order valence-corrected chi connectivity index (χ3v) is 4.94. The number of carbonyl (C=O) groups excluding carboxylic acids is 5. The Labute approximate surface area is 203 Å². The zero-order valence-corrected chi connectivity index (χ0v) is 19.7. The summed E-state index contributed by atoms with van der Waals surface area (Å²) < 4.78 is 0. The van der Waals surface area contributed by atoms with Crippen molar-refractivity contribution >= 4 is 35.5 Å². The zero-order valence-electron chi connectivity index (χ0n) is 19.7. The predicted molar refractivity (Wildman–Crippen MR) is 125 cm³/mol. The summed E-state index contributed by atoms with van der Waals surface area (Å²) in [5.41, 5.74) is 26.6. The van der Waals surface area contributed by atoms with Crippen LogP contribution in [0.1, 0.15) is 51.4 Å². The SMILES string of the molecule is NCCCCC(NC(=O)C(CCCCN)NC(=O)C(CC(N)=O)NC(=O)C(N)CC(N)=O)C(=O)O. The van der Waals surface area contributed by atoms with Crippen molar-refractivity contribution in [3.05, 3.63) is 0 Å². The van der Waals surface area contributed by atoms with Gasteiger partial charge in [0.2, 0.25) is 29.5 Å². The Bertz CT molecular complexity index is 749. The van der Waals surface area contributed by atoms with Crippen molar-refractivity contribution in [1.29, 1.82) is 0 Å². The van der Waals surface area contributed by atoms with Crippen molar-refractivity contribution < 1.29 is 33.9 Å². The van der Waals surface area contributed by atoms with E-state index >= 15 is 0 Å². The normalized spacial score (nSPS) is 14.1. The maximum Gasteiger partial charge on any atom is 0.326 e. The van der Waals surface area contributed by atoms with Crippen molar-refractivity contribution in [3.8, 4) is 0 Å². The first-order valence-electron chi connectivity index (χ1n) is 11.3. The number of carboxylic acids is 1. The number of hydrogen-bond acceptors (Lipinski definition) is 9. The number of nitrogens with two attached hydrogens (primary N) is 5. The van der Waals surface area contributed by atoms with Crippen LogP contribution >= 0.6 is 0 Å². The smallest absolute Gasteiger partial charge is 0.326 e. The van der Waals surface area contributed by atoms with Crippen molar-refractivity contribution in [2.45, 2.75) is 75.5 Å². The first-order chi connectivity index (χ1) is 16.4. The van der Waals surface area contributed by atoms with E-state index in [1.807, 2.05) is 0 Å². The van der Waals surface area contributed by atoms with E-state index in [0.29, 0.717) is 38.8 Å². The van der Waals surface area contributed by atoms with Crippen LogP contribution in [0.5, 0.6) is 0 Å².